The second-order valence-corrected chi connectivity index (χ2v) is 6.58. The first-order valence-electron chi connectivity index (χ1n) is 5.31. The van der Waals surface area contributed by atoms with Crippen molar-refractivity contribution in [2.45, 2.75) is 4.21 Å². The average molecular weight is 299 g/mol. The topological polar surface area (TPSA) is 78.6 Å². The predicted molar refractivity (Wildman–Crippen MR) is 74.2 cm³/mol. The summed E-state index contributed by atoms with van der Waals surface area (Å²) in [5, 5.41) is 5.10. The van der Waals surface area contributed by atoms with Crippen LogP contribution in [-0.2, 0) is 10.0 Å². The SMILES string of the molecule is COc1cccc(-c2ccc(S(N)(=O)=O)s2)c1OC. The van der Waals surface area contributed by atoms with Crippen molar-refractivity contribution < 1.29 is 17.9 Å². The number of para-hydroxylation sites is 1. The highest BCUT2D eigenvalue weighted by atomic mass is 32.2. The van der Waals surface area contributed by atoms with Crippen LogP contribution in [0.5, 0.6) is 11.5 Å². The zero-order valence-corrected chi connectivity index (χ0v) is 12.0. The Morgan fingerprint density at radius 2 is 1.84 bits per heavy atom. The van der Waals surface area contributed by atoms with Crippen LogP contribution in [0.15, 0.2) is 34.5 Å². The van der Waals surface area contributed by atoms with E-state index < -0.39 is 10.0 Å². The van der Waals surface area contributed by atoms with E-state index in [4.69, 9.17) is 14.6 Å². The molecule has 0 spiro atoms. The number of nitrogens with two attached hydrogens (primary N) is 1. The van der Waals surface area contributed by atoms with E-state index in [0.29, 0.717) is 11.5 Å². The van der Waals surface area contributed by atoms with Gasteiger partial charge in [-0.05, 0) is 24.3 Å². The van der Waals surface area contributed by atoms with Crippen LogP contribution in [0.1, 0.15) is 0 Å². The van der Waals surface area contributed by atoms with Crippen molar-refractivity contribution in [1.29, 1.82) is 0 Å². The minimum Gasteiger partial charge on any atom is -0.493 e. The van der Waals surface area contributed by atoms with Crippen LogP contribution in [0.3, 0.4) is 0 Å². The third-order valence-electron chi connectivity index (χ3n) is 2.53. The van der Waals surface area contributed by atoms with Crippen LogP contribution in [0.25, 0.3) is 10.4 Å². The third-order valence-corrected chi connectivity index (χ3v) is 5.09. The number of hydrogen-bond acceptors (Lipinski definition) is 5. The fourth-order valence-corrected chi connectivity index (χ4v) is 3.45. The predicted octanol–water partition coefficient (Wildman–Crippen LogP) is 2.08. The molecule has 0 aliphatic rings. The number of rotatable bonds is 4. The zero-order chi connectivity index (χ0) is 14.0. The van der Waals surface area contributed by atoms with Crippen LogP contribution >= 0.6 is 11.3 Å². The van der Waals surface area contributed by atoms with Gasteiger partial charge in [-0.15, -0.1) is 11.3 Å². The van der Waals surface area contributed by atoms with Crippen LogP contribution in [0.4, 0.5) is 0 Å². The van der Waals surface area contributed by atoms with Crippen LogP contribution in [0.2, 0.25) is 0 Å². The highest BCUT2D eigenvalue weighted by molar-refractivity contribution is 7.91. The smallest absolute Gasteiger partial charge is 0.247 e. The van der Waals surface area contributed by atoms with Crippen LogP contribution < -0.4 is 14.6 Å². The molecule has 0 aliphatic carbocycles. The molecule has 0 saturated carbocycles. The molecule has 1 heterocycles. The molecule has 1 aromatic carbocycles. The molecule has 0 atom stereocenters. The summed E-state index contributed by atoms with van der Waals surface area (Å²) in [5.74, 6) is 1.15. The van der Waals surface area contributed by atoms with Crippen molar-refractivity contribution >= 4 is 21.4 Å². The number of ether oxygens (including phenoxy) is 2. The molecule has 102 valence electrons. The highest BCUT2D eigenvalue weighted by Gasteiger charge is 2.16. The molecule has 5 nitrogen and oxygen atoms in total. The fourth-order valence-electron chi connectivity index (χ4n) is 1.70. The molecule has 0 fully saturated rings. The Morgan fingerprint density at radius 3 is 2.37 bits per heavy atom. The van der Waals surface area contributed by atoms with Gasteiger partial charge in [0.05, 0.1) is 14.2 Å². The quantitative estimate of drug-likeness (QED) is 0.937. The van der Waals surface area contributed by atoms with Gasteiger partial charge in [0.15, 0.2) is 11.5 Å². The van der Waals surface area contributed by atoms with Gasteiger partial charge in [-0.25, -0.2) is 13.6 Å². The zero-order valence-electron chi connectivity index (χ0n) is 10.4. The number of sulfonamides is 1. The van der Waals surface area contributed by atoms with Crippen molar-refractivity contribution in [2.24, 2.45) is 5.14 Å². The number of hydrogen-bond donors (Lipinski definition) is 1. The summed E-state index contributed by atoms with van der Waals surface area (Å²) in [5.41, 5.74) is 0.766. The summed E-state index contributed by atoms with van der Waals surface area (Å²) in [6, 6.07) is 8.60. The van der Waals surface area contributed by atoms with Gasteiger partial charge >= 0.3 is 0 Å². The van der Waals surface area contributed by atoms with Crippen molar-refractivity contribution in [3.63, 3.8) is 0 Å². The first-order valence-corrected chi connectivity index (χ1v) is 7.67. The van der Waals surface area contributed by atoms with E-state index in [-0.39, 0.29) is 4.21 Å². The van der Waals surface area contributed by atoms with E-state index in [2.05, 4.69) is 0 Å². The molecule has 2 rings (SSSR count). The lowest BCUT2D eigenvalue weighted by atomic mass is 10.1. The molecular formula is C12H13NO4S2. The largest absolute Gasteiger partial charge is 0.493 e. The lowest BCUT2D eigenvalue weighted by Crippen LogP contribution is -2.09. The second kappa shape index (κ2) is 5.20. The second-order valence-electron chi connectivity index (χ2n) is 3.70. The first kappa shape index (κ1) is 13.9. The fraction of sp³-hybridized carbons (Fsp3) is 0.167. The molecular weight excluding hydrogens is 286 g/mol. The normalized spacial score (nSPS) is 11.3. The van der Waals surface area contributed by atoms with Crippen molar-refractivity contribution in [3.8, 4) is 21.9 Å². The van der Waals surface area contributed by atoms with Crippen molar-refractivity contribution in [3.05, 3.63) is 30.3 Å². The lowest BCUT2D eigenvalue weighted by Gasteiger charge is -2.11. The Bertz CT molecular complexity index is 692. The molecule has 0 radical (unpaired) electrons. The molecule has 7 heteroatoms. The van der Waals surface area contributed by atoms with E-state index in [1.807, 2.05) is 12.1 Å². The lowest BCUT2D eigenvalue weighted by molar-refractivity contribution is 0.356. The third kappa shape index (κ3) is 2.73. The minimum absolute atomic E-state index is 0.118. The molecule has 2 aromatic rings. The summed E-state index contributed by atoms with van der Waals surface area (Å²) < 4.78 is 33.2. The van der Waals surface area contributed by atoms with E-state index >= 15 is 0 Å². The maximum absolute atomic E-state index is 11.3. The summed E-state index contributed by atoms with van der Waals surface area (Å²) in [6.45, 7) is 0. The van der Waals surface area contributed by atoms with Gasteiger partial charge < -0.3 is 9.47 Å². The Hall–Kier alpha value is -1.57. The molecule has 19 heavy (non-hydrogen) atoms. The van der Waals surface area contributed by atoms with Crippen LogP contribution in [0, 0.1) is 0 Å². The number of primary sulfonamides is 1. The summed E-state index contributed by atoms with van der Waals surface area (Å²) in [6.07, 6.45) is 0. The molecule has 2 N–H and O–H groups in total. The Morgan fingerprint density at radius 1 is 1.11 bits per heavy atom. The summed E-state index contributed by atoms with van der Waals surface area (Å²) >= 11 is 1.09. The maximum atomic E-state index is 11.3. The van der Waals surface area contributed by atoms with Crippen LogP contribution in [-0.4, -0.2) is 22.6 Å². The summed E-state index contributed by atoms with van der Waals surface area (Å²) in [7, 11) is -0.594. The minimum atomic E-state index is -3.68. The van der Waals surface area contributed by atoms with Crippen molar-refractivity contribution in [2.75, 3.05) is 14.2 Å². The van der Waals surface area contributed by atoms with E-state index in [9.17, 15) is 8.42 Å². The number of benzene rings is 1. The van der Waals surface area contributed by atoms with Gasteiger partial charge in [0, 0.05) is 10.4 Å². The Labute approximate surface area is 115 Å². The molecule has 0 unspecified atom stereocenters. The average Bonchev–Trinajstić information content (AvgIpc) is 2.86. The van der Waals surface area contributed by atoms with Gasteiger partial charge in [-0.2, -0.15) is 0 Å². The van der Waals surface area contributed by atoms with Gasteiger partial charge in [-0.3, -0.25) is 0 Å². The first-order chi connectivity index (χ1) is 8.97. The van der Waals surface area contributed by atoms with Gasteiger partial charge in [0.1, 0.15) is 4.21 Å². The van der Waals surface area contributed by atoms with E-state index in [0.717, 1.165) is 21.8 Å². The maximum Gasteiger partial charge on any atom is 0.247 e. The van der Waals surface area contributed by atoms with Crippen molar-refractivity contribution in [1.82, 2.24) is 0 Å². The Kier molecular flexibility index (Phi) is 3.79. The van der Waals surface area contributed by atoms with Gasteiger partial charge in [0.2, 0.25) is 10.0 Å². The summed E-state index contributed by atoms with van der Waals surface area (Å²) in [4.78, 5) is 0.750. The van der Waals surface area contributed by atoms with Gasteiger partial charge in [-0.1, -0.05) is 6.07 Å². The molecule has 0 saturated heterocycles. The molecule has 0 bridgehead atoms. The van der Waals surface area contributed by atoms with E-state index in [1.54, 1.807) is 19.2 Å². The number of methoxy groups -OCH3 is 2. The monoisotopic (exact) mass is 299 g/mol. The number of thiophene rings is 1. The highest BCUT2D eigenvalue weighted by Crippen LogP contribution is 2.41. The van der Waals surface area contributed by atoms with Gasteiger partial charge in [0.25, 0.3) is 0 Å². The molecule has 0 amide bonds. The van der Waals surface area contributed by atoms with E-state index in [1.165, 1.54) is 13.2 Å². The molecule has 1 aromatic heterocycles. The standard InChI is InChI=1S/C12H13NO4S2/c1-16-9-5-3-4-8(12(9)17-2)10-6-7-11(18-10)19(13,14)15/h3-7H,1-2H3,(H2,13,14,15). The Balaban J connectivity index is 2.56. The molecule has 0 aliphatic heterocycles.